The number of nitrogens with zero attached hydrogens (tertiary/aromatic N) is 3. The van der Waals surface area contributed by atoms with Gasteiger partial charge in [-0.25, -0.2) is 0 Å². The number of rotatable bonds is 6. The number of para-hydroxylation sites is 1. The number of carbonyl (C=O) groups excluding carboxylic acids is 2. The van der Waals surface area contributed by atoms with E-state index >= 15 is 0 Å². The lowest BCUT2D eigenvalue weighted by Crippen LogP contribution is -2.50. The fraction of sp³-hybridized carbons (Fsp3) is 0.478. The highest BCUT2D eigenvalue weighted by molar-refractivity contribution is 5.87. The van der Waals surface area contributed by atoms with E-state index in [0.29, 0.717) is 6.54 Å². The zero-order chi connectivity index (χ0) is 20.5. The van der Waals surface area contributed by atoms with Crippen molar-refractivity contribution in [2.75, 3.05) is 20.2 Å². The summed E-state index contributed by atoms with van der Waals surface area (Å²) in [4.78, 5) is 29.8. The van der Waals surface area contributed by atoms with Crippen molar-refractivity contribution in [1.82, 2.24) is 14.4 Å². The van der Waals surface area contributed by atoms with Crippen LogP contribution >= 0.6 is 0 Å². The number of ether oxygens (including phenoxy) is 1. The molecular weight excluding hydrogens is 366 g/mol. The first-order valence-corrected chi connectivity index (χ1v) is 10.4. The van der Waals surface area contributed by atoms with E-state index in [1.807, 2.05) is 49.1 Å². The molecule has 1 unspecified atom stereocenters. The molecule has 2 aromatic rings. The third-order valence-electron chi connectivity index (χ3n) is 5.93. The minimum Gasteiger partial charge on any atom is -0.496 e. The smallest absolute Gasteiger partial charge is 0.243 e. The molecule has 1 aliphatic heterocycles. The minimum absolute atomic E-state index is 0.00501. The van der Waals surface area contributed by atoms with E-state index in [2.05, 4.69) is 16.8 Å². The van der Waals surface area contributed by atoms with Crippen LogP contribution < -0.4 is 4.74 Å². The molecule has 0 N–H and O–H groups in total. The van der Waals surface area contributed by atoms with Crippen LogP contribution in [0.1, 0.15) is 44.0 Å². The van der Waals surface area contributed by atoms with Crippen molar-refractivity contribution >= 4 is 11.8 Å². The molecule has 6 nitrogen and oxygen atoms in total. The molecular formula is C23H29N3O3. The highest BCUT2D eigenvalue weighted by Crippen LogP contribution is 2.37. The fourth-order valence-corrected chi connectivity index (χ4v) is 4.19. The van der Waals surface area contributed by atoms with Crippen molar-refractivity contribution in [2.24, 2.45) is 5.92 Å². The molecule has 2 heterocycles. The van der Waals surface area contributed by atoms with Crippen LogP contribution in [0.5, 0.6) is 5.75 Å². The van der Waals surface area contributed by atoms with Crippen LogP contribution in [0.2, 0.25) is 0 Å². The number of methoxy groups -OCH3 is 1. The van der Waals surface area contributed by atoms with E-state index in [0.717, 1.165) is 36.4 Å². The summed E-state index contributed by atoms with van der Waals surface area (Å²) in [5, 5.41) is 0. The van der Waals surface area contributed by atoms with Gasteiger partial charge >= 0.3 is 0 Å². The highest BCUT2D eigenvalue weighted by Gasteiger charge is 2.38. The van der Waals surface area contributed by atoms with Gasteiger partial charge in [-0.2, -0.15) is 0 Å². The van der Waals surface area contributed by atoms with Gasteiger partial charge < -0.3 is 19.1 Å². The summed E-state index contributed by atoms with van der Waals surface area (Å²) < 4.78 is 7.79. The van der Waals surface area contributed by atoms with Crippen LogP contribution in [0.25, 0.3) is 0 Å². The second-order valence-electron chi connectivity index (χ2n) is 8.19. The third kappa shape index (κ3) is 3.76. The molecule has 2 amide bonds. The average molecular weight is 396 g/mol. The van der Waals surface area contributed by atoms with Gasteiger partial charge in [-0.15, -0.1) is 0 Å². The van der Waals surface area contributed by atoms with Crippen molar-refractivity contribution in [2.45, 2.75) is 45.3 Å². The van der Waals surface area contributed by atoms with Gasteiger partial charge in [-0.05, 0) is 44.9 Å². The lowest BCUT2D eigenvalue weighted by molar-refractivity contribution is -0.144. The molecule has 1 atom stereocenters. The van der Waals surface area contributed by atoms with Crippen LogP contribution in [0, 0.1) is 5.92 Å². The van der Waals surface area contributed by atoms with Crippen molar-refractivity contribution in [3.63, 3.8) is 0 Å². The Bertz CT molecular complexity index is 900. The molecule has 1 aromatic carbocycles. The molecule has 0 spiro atoms. The first-order chi connectivity index (χ1) is 14.0. The van der Waals surface area contributed by atoms with E-state index in [9.17, 15) is 9.59 Å². The number of benzene rings is 1. The lowest BCUT2D eigenvalue weighted by Gasteiger charge is -2.39. The normalized spacial score (nSPS) is 18.5. The largest absolute Gasteiger partial charge is 0.496 e. The van der Waals surface area contributed by atoms with E-state index in [1.165, 1.54) is 0 Å². The third-order valence-corrected chi connectivity index (χ3v) is 5.93. The summed E-state index contributed by atoms with van der Waals surface area (Å²) in [6.07, 6.45) is 3.94. The summed E-state index contributed by atoms with van der Waals surface area (Å²) in [6.45, 7) is 5.43. The molecule has 1 aromatic heterocycles. The minimum atomic E-state index is -0.229. The number of fused-ring (bicyclic) bond motifs is 1. The summed E-state index contributed by atoms with van der Waals surface area (Å²) in [6, 6.07) is 11.7. The van der Waals surface area contributed by atoms with Crippen molar-refractivity contribution in [1.29, 1.82) is 0 Å². The maximum absolute atomic E-state index is 13.5. The number of hydrogen-bond donors (Lipinski definition) is 0. The number of aromatic nitrogens is 1. The van der Waals surface area contributed by atoms with E-state index < -0.39 is 0 Å². The van der Waals surface area contributed by atoms with Crippen LogP contribution in [-0.2, 0) is 16.1 Å². The van der Waals surface area contributed by atoms with E-state index in [4.69, 9.17) is 4.74 Å². The zero-order valence-electron chi connectivity index (χ0n) is 17.4. The average Bonchev–Trinajstić information content (AvgIpc) is 3.47. The lowest BCUT2D eigenvalue weighted by atomic mass is 9.98. The molecule has 1 saturated carbocycles. The maximum Gasteiger partial charge on any atom is 0.243 e. The second-order valence-corrected chi connectivity index (χ2v) is 8.19. The SMILES string of the molecule is COc1ccccc1C1c2cccn2CCN1C(=O)CN(C(=O)C1CC1)C(C)C. The Morgan fingerprint density at radius 2 is 1.90 bits per heavy atom. The summed E-state index contributed by atoms with van der Waals surface area (Å²) >= 11 is 0. The topological polar surface area (TPSA) is 54.8 Å². The standard InChI is InChI=1S/C23H29N3O3/c1-16(2)26(23(28)17-10-11-17)15-21(27)25-14-13-24-12-6-8-19(24)22(25)18-7-4-5-9-20(18)29-3/h4-9,12,16-17,22H,10-11,13-15H2,1-3H3. The second kappa shape index (κ2) is 7.93. The summed E-state index contributed by atoms with van der Waals surface area (Å²) in [7, 11) is 1.65. The molecule has 154 valence electrons. The molecule has 1 aliphatic carbocycles. The Balaban J connectivity index is 1.66. The predicted octanol–water partition coefficient (Wildman–Crippen LogP) is 3.08. The number of hydrogen-bond acceptors (Lipinski definition) is 3. The van der Waals surface area contributed by atoms with E-state index in [1.54, 1.807) is 12.0 Å². The fourth-order valence-electron chi connectivity index (χ4n) is 4.19. The molecule has 4 rings (SSSR count). The van der Waals surface area contributed by atoms with Gasteiger partial charge in [-0.3, -0.25) is 9.59 Å². The summed E-state index contributed by atoms with van der Waals surface area (Å²) in [5.74, 6) is 0.965. The van der Waals surface area contributed by atoms with Gasteiger partial charge in [0, 0.05) is 42.5 Å². The van der Waals surface area contributed by atoms with Crippen LogP contribution in [0.3, 0.4) is 0 Å². The van der Waals surface area contributed by atoms with Crippen LogP contribution in [0.15, 0.2) is 42.6 Å². The van der Waals surface area contributed by atoms with Crippen molar-refractivity contribution in [3.05, 3.63) is 53.9 Å². The first kappa shape index (κ1) is 19.6. The first-order valence-electron chi connectivity index (χ1n) is 10.4. The van der Waals surface area contributed by atoms with Gasteiger partial charge in [0.25, 0.3) is 0 Å². The molecule has 2 aliphatic rings. The Morgan fingerprint density at radius 3 is 2.59 bits per heavy atom. The Morgan fingerprint density at radius 1 is 1.14 bits per heavy atom. The number of amides is 2. The Kier molecular flexibility index (Phi) is 5.35. The highest BCUT2D eigenvalue weighted by atomic mass is 16.5. The molecule has 29 heavy (non-hydrogen) atoms. The Hall–Kier alpha value is -2.76. The van der Waals surface area contributed by atoms with Gasteiger partial charge in [0.15, 0.2) is 0 Å². The van der Waals surface area contributed by atoms with Gasteiger partial charge in [0.2, 0.25) is 11.8 Å². The quantitative estimate of drug-likeness (QED) is 0.755. The molecule has 0 saturated heterocycles. The monoisotopic (exact) mass is 395 g/mol. The predicted molar refractivity (Wildman–Crippen MR) is 111 cm³/mol. The number of carbonyl (C=O) groups is 2. The molecule has 0 radical (unpaired) electrons. The van der Waals surface area contributed by atoms with Crippen LogP contribution in [-0.4, -0.2) is 52.4 Å². The van der Waals surface area contributed by atoms with Crippen molar-refractivity contribution in [3.8, 4) is 5.75 Å². The summed E-state index contributed by atoms with van der Waals surface area (Å²) in [5.41, 5.74) is 2.03. The molecule has 6 heteroatoms. The van der Waals surface area contributed by atoms with Gasteiger partial charge in [-0.1, -0.05) is 18.2 Å². The van der Waals surface area contributed by atoms with E-state index in [-0.39, 0.29) is 36.4 Å². The molecule has 1 fully saturated rings. The maximum atomic E-state index is 13.5. The Labute approximate surface area is 172 Å². The van der Waals surface area contributed by atoms with Gasteiger partial charge in [0.1, 0.15) is 18.3 Å². The zero-order valence-corrected chi connectivity index (χ0v) is 17.4. The van der Waals surface area contributed by atoms with Crippen molar-refractivity contribution < 1.29 is 14.3 Å². The van der Waals surface area contributed by atoms with Gasteiger partial charge in [0.05, 0.1) is 7.11 Å². The van der Waals surface area contributed by atoms with Crippen LogP contribution in [0.4, 0.5) is 0 Å². The molecule has 0 bridgehead atoms.